The summed E-state index contributed by atoms with van der Waals surface area (Å²) in [6.45, 7) is 6.90. The number of carbonyl (C=O) groups excluding carboxylic acids is 2. The molecule has 7 nitrogen and oxygen atoms in total. The highest BCUT2D eigenvalue weighted by atomic mass is 35.5. The molecule has 0 aliphatic carbocycles. The van der Waals surface area contributed by atoms with Crippen molar-refractivity contribution in [3.63, 3.8) is 0 Å². The first kappa shape index (κ1) is 29.9. The summed E-state index contributed by atoms with van der Waals surface area (Å²) in [5, 5.41) is 5.39. The highest BCUT2D eigenvalue weighted by molar-refractivity contribution is 7.89. The summed E-state index contributed by atoms with van der Waals surface area (Å²) in [6, 6.07) is 16.3. The maximum Gasteiger partial charge on any atom is 0.243 e. The first-order valence-electron chi connectivity index (χ1n) is 12.2. The molecule has 0 unspecified atom stereocenters. The van der Waals surface area contributed by atoms with Crippen LogP contribution in [0.15, 0.2) is 65.6 Å². The van der Waals surface area contributed by atoms with Crippen molar-refractivity contribution in [2.45, 2.75) is 57.1 Å². The van der Waals surface area contributed by atoms with E-state index in [2.05, 4.69) is 5.32 Å². The van der Waals surface area contributed by atoms with Crippen molar-refractivity contribution in [2.75, 3.05) is 13.6 Å². The molecule has 204 valence electrons. The van der Waals surface area contributed by atoms with E-state index in [1.54, 1.807) is 37.3 Å². The standard InChI is InChI=1S/C28H33Cl2N3O4S/c1-6-25(27(35)31-28(2,3)4)33(17-21-11-13-22(29)16-24(21)30)26(34)18-32(5)38(36,37)23-14-12-19-9-7-8-10-20(19)15-23/h7-16,25H,6,17-18H2,1-5H3,(H,31,35)/t25-/m0/s1. The molecule has 1 atom stereocenters. The number of nitrogens with zero attached hydrogens (tertiary/aromatic N) is 2. The second-order valence-electron chi connectivity index (χ2n) is 10.2. The molecule has 0 aromatic heterocycles. The monoisotopic (exact) mass is 577 g/mol. The van der Waals surface area contributed by atoms with E-state index in [1.807, 2.05) is 45.0 Å². The molecule has 0 heterocycles. The minimum absolute atomic E-state index is 0.00870. The van der Waals surface area contributed by atoms with Crippen molar-refractivity contribution in [3.05, 3.63) is 76.3 Å². The van der Waals surface area contributed by atoms with Gasteiger partial charge in [-0.25, -0.2) is 8.42 Å². The molecule has 0 spiro atoms. The molecule has 3 aromatic carbocycles. The van der Waals surface area contributed by atoms with Gasteiger partial charge in [0.2, 0.25) is 21.8 Å². The molecule has 0 saturated carbocycles. The van der Waals surface area contributed by atoms with Crippen molar-refractivity contribution >= 4 is 55.8 Å². The third-order valence-electron chi connectivity index (χ3n) is 6.03. The van der Waals surface area contributed by atoms with Crippen LogP contribution in [-0.2, 0) is 26.2 Å². The number of fused-ring (bicyclic) bond motifs is 1. The summed E-state index contributed by atoms with van der Waals surface area (Å²) >= 11 is 12.4. The zero-order chi connectivity index (χ0) is 28.3. The first-order chi connectivity index (χ1) is 17.7. The van der Waals surface area contributed by atoms with Gasteiger partial charge in [0.05, 0.1) is 11.4 Å². The fourth-order valence-corrected chi connectivity index (χ4v) is 5.70. The lowest BCUT2D eigenvalue weighted by Crippen LogP contribution is -2.55. The van der Waals surface area contributed by atoms with Crippen molar-refractivity contribution in [3.8, 4) is 0 Å². The van der Waals surface area contributed by atoms with E-state index in [0.717, 1.165) is 15.1 Å². The number of likely N-dealkylation sites (N-methyl/N-ethyl adjacent to an activating group) is 1. The van der Waals surface area contributed by atoms with Gasteiger partial charge in [0.1, 0.15) is 6.04 Å². The summed E-state index contributed by atoms with van der Waals surface area (Å²) in [7, 11) is -2.63. The van der Waals surface area contributed by atoms with Crippen molar-refractivity contribution < 1.29 is 18.0 Å². The maximum absolute atomic E-state index is 13.7. The number of hydrogen-bond donors (Lipinski definition) is 1. The van der Waals surface area contributed by atoms with Gasteiger partial charge >= 0.3 is 0 Å². The molecule has 2 amide bonds. The highest BCUT2D eigenvalue weighted by Gasteiger charge is 2.33. The minimum atomic E-state index is -3.99. The third-order valence-corrected chi connectivity index (χ3v) is 8.41. The van der Waals surface area contributed by atoms with E-state index in [0.29, 0.717) is 22.0 Å². The van der Waals surface area contributed by atoms with E-state index in [1.165, 1.54) is 18.0 Å². The number of nitrogens with one attached hydrogen (secondary N) is 1. The lowest BCUT2D eigenvalue weighted by atomic mass is 10.1. The van der Waals surface area contributed by atoms with Crippen LogP contribution in [0.3, 0.4) is 0 Å². The second-order valence-corrected chi connectivity index (χ2v) is 13.1. The Balaban J connectivity index is 1.92. The van der Waals surface area contributed by atoms with Gasteiger partial charge in [-0.2, -0.15) is 4.31 Å². The van der Waals surface area contributed by atoms with Crippen LogP contribution in [0.1, 0.15) is 39.7 Å². The number of sulfonamides is 1. The fraction of sp³-hybridized carbons (Fsp3) is 0.357. The lowest BCUT2D eigenvalue weighted by molar-refractivity contribution is -0.142. The lowest BCUT2D eigenvalue weighted by Gasteiger charge is -2.34. The summed E-state index contributed by atoms with van der Waals surface area (Å²) in [4.78, 5) is 28.3. The molecule has 38 heavy (non-hydrogen) atoms. The zero-order valence-corrected chi connectivity index (χ0v) is 24.5. The van der Waals surface area contributed by atoms with Gasteiger partial charge in [-0.05, 0) is 67.8 Å². The summed E-state index contributed by atoms with van der Waals surface area (Å²) in [5.41, 5.74) is 0.0688. The largest absolute Gasteiger partial charge is 0.350 e. The van der Waals surface area contributed by atoms with Crippen molar-refractivity contribution in [1.29, 1.82) is 0 Å². The molecule has 3 aromatic rings. The smallest absolute Gasteiger partial charge is 0.243 e. The predicted octanol–water partition coefficient (Wildman–Crippen LogP) is 5.49. The van der Waals surface area contributed by atoms with E-state index in [4.69, 9.17) is 23.2 Å². The normalized spacial score (nSPS) is 12.9. The molecule has 0 saturated heterocycles. The Hall–Kier alpha value is -2.65. The van der Waals surface area contributed by atoms with Gasteiger partial charge in [-0.1, -0.05) is 66.5 Å². The second kappa shape index (κ2) is 12.0. The highest BCUT2D eigenvalue weighted by Crippen LogP contribution is 2.25. The van der Waals surface area contributed by atoms with Crippen molar-refractivity contribution in [2.24, 2.45) is 0 Å². The van der Waals surface area contributed by atoms with Gasteiger partial charge in [-0.3, -0.25) is 9.59 Å². The molecular weight excluding hydrogens is 545 g/mol. The van der Waals surface area contributed by atoms with Crippen molar-refractivity contribution in [1.82, 2.24) is 14.5 Å². The van der Waals surface area contributed by atoms with Crippen LogP contribution in [-0.4, -0.2) is 54.6 Å². The van der Waals surface area contributed by atoms with Crippen LogP contribution >= 0.6 is 23.2 Å². The van der Waals surface area contributed by atoms with Crippen LogP contribution in [0.5, 0.6) is 0 Å². The molecule has 3 rings (SSSR count). The zero-order valence-electron chi connectivity index (χ0n) is 22.2. The molecule has 0 bridgehead atoms. The van der Waals surface area contributed by atoms with Gasteiger partial charge < -0.3 is 10.2 Å². The molecule has 10 heteroatoms. The van der Waals surface area contributed by atoms with E-state index >= 15 is 0 Å². The summed E-state index contributed by atoms with van der Waals surface area (Å²) in [6.07, 6.45) is 0.319. The van der Waals surface area contributed by atoms with Gasteiger partial charge in [0, 0.05) is 29.2 Å². The Morgan fingerprint density at radius 1 is 0.974 bits per heavy atom. The van der Waals surface area contributed by atoms with Gasteiger partial charge in [0.15, 0.2) is 0 Å². The van der Waals surface area contributed by atoms with Gasteiger partial charge in [0.25, 0.3) is 0 Å². The molecule has 0 aliphatic heterocycles. The Labute approximate surface area is 234 Å². The average Bonchev–Trinajstić information content (AvgIpc) is 2.83. The quantitative estimate of drug-likeness (QED) is 0.364. The van der Waals surface area contributed by atoms with Crippen LogP contribution in [0.4, 0.5) is 0 Å². The SMILES string of the molecule is CC[C@@H](C(=O)NC(C)(C)C)N(Cc1ccc(Cl)cc1Cl)C(=O)CN(C)S(=O)(=O)c1ccc2ccccc2c1. The third kappa shape index (κ3) is 7.26. The molecule has 0 radical (unpaired) electrons. The number of rotatable bonds is 9. The number of benzene rings is 3. The van der Waals surface area contributed by atoms with Crippen LogP contribution < -0.4 is 5.32 Å². The maximum atomic E-state index is 13.7. The molecule has 0 fully saturated rings. The Bertz CT molecular complexity index is 1440. The van der Waals surface area contributed by atoms with Crippen LogP contribution in [0, 0.1) is 0 Å². The van der Waals surface area contributed by atoms with Gasteiger partial charge in [-0.15, -0.1) is 0 Å². The first-order valence-corrected chi connectivity index (χ1v) is 14.4. The molecule has 1 N–H and O–H groups in total. The Morgan fingerprint density at radius 2 is 1.63 bits per heavy atom. The number of halogens is 2. The Morgan fingerprint density at radius 3 is 2.24 bits per heavy atom. The summed E-state index contributed by atoms with van der Waals surface area (Å²) < 4.78 is 27.8. The number of carbonyl (C=O) groups is 2. The van der Waals surface area contributed by atoms with Crippen LogP contribution in [0.25, 0.3) is 10.8 Å². The van der Waals surface area contributed by atoms with E-state index in [9.17, 15) is 18.0 Å². The predicted molar refractivity (Wildman–Crippen MR) is 153 cm³/mol. The summed E-state index contributed by atoms with van der Waals surface area (Å²) in [5.74, 6) is -0.864. The average molecular weight is 579 g/mol. The fourth-order valence-electron chi connectivity index (χ4n) is 4.08. The molecular formula is C28H33Cl2N3O4S. The molecule has 0 aliphatic rings. The number of hydrogen-bond acceptors (Lipinski definition) is 4. The topological polar surface area (TPSA) is 86.8 Å². The van der Waals surface area contributed by atoms with E-state index < -0.39 is 34.1 Å². The Kier molecular flexibility index (Phi) is 9.47. The van der Waals surface area contributed by atoms with Crippen LogP contribution in [0.2, 0.25) is 10.0 Å². The number of amides is 2. The van der Waals surface area contributed by atoms with E-state index in [-0.39, 0.29) is 17.3 Å². The minimum Gasteiger partial charge on any atom is -0.350 e.